The van der Waals surface area contributed by atoms with E-state index in [9.17, 15) is 4.79 Å². The lowest BCUT2D eigenvalue weighted by Crippen LogP contribution is -2.20. The van der Waals surface area contributed by atoms with Crippen LogP contribution in [0.15, 0.2) is 53.2 Å². The molecule has 1 fully saturated rings. The molecular formula is C20H20N4O3. The molecule has 3 aromatic rings. The van der Waals surface area contributed by atoms with Crippen molar-refractivity contribution in [3.8, 4) is 5.88 Å². The third-order valence-corrected chi connectivity index (χ3v) is 4.30. The molecule has 2 heterocycles. The van der Waals surface area contributed by atoms with E-state index in [4.69, 9.17) is 9.26 Å². The molecule has 0 spiro atoms. The van der Waals surface area contributed by atoms with Crippen molar-refractivity contribution in [1.82, 2.24) is 10.1 Å². The van der Waals surface area contributed by atoms with Crippen molar-refractivity contribution >= 4 is 17.4 Å². The Bertz CT molecular complexity index is 935. The van der Waals surface area contributed by atoms with Gasteiger partial charge in [-0.3, -0.25) is 0 Å². The highest BCUT2D eigenvalue weighted by Gasteiger charge is 2.32. The van der Waals surface area contributed by atoms with Crippen molar-refractivity contribution in [3.63, 3.8) is 0 Å². The maximum atomic E-state index is 12.4. The molecule has 138 valence electrons. The molecule has 1 aromatic carbocycles. The molecule has 0 unspecified atom stereocenters. The Labute approximate surface area is 156 Å². The number of nitrogens with one attached hydrogen (secondary N) is 2. The number of ether oxygens (including phenoxy) is 1. The summed E-state index contributed by atoms with van der Waals surface area (Å²) < 4.78 is 11.0. The number of urea groups is 1. The smallest absolute Gasteiger partial charge is 0.323 e. The van der Waals surface area contributed by atoms with E-state index < -0.39 is 0 Å². The van der Waals surface area contributed by atoms with Gasteiger partial charge in [-0.2, -0.15) is 0 Å². The zero-order valence-electron chi connectivity index (χ0n) is 14.9. The van der Waals surface area contributed by atoms with Crippen LogP contribution in [0.4, 0.5) is 16.2 Å². The largest absolute Gasteiger partial charge is 0.473 e. The van der Waals surface area contributed by atoms with Crippen molar-refractivity contribution in [2.24, 2.45) is 0 Å². The fourth-order valence-corrected chi connectivity index (χ4v) is 2.74. The summed E-state index contributed by atoms with van der Waals surface area (Å²) in [6.07, 6.45) is 3.73. The Morgan fingerprint density at radius 1 is 1.22 bits per heavy atom. The van der Waals surface area contributed by atoms with Crippen LogP contribution in [-0.4, -0.2) is 16.2 Å². The van der Waals surface area contributed by atoms with Crippen molar-refractivity contribution < 1.29 is 14.1 Å². The van der Waals surface area contributed by atoms with E-state index in [-0.39, 0.29) is 6.03 Å². The summed E-state index contributed by atoms with van der Waals surface area (Å²) in [7, 11) is 0. The minimum absolute atomic E-state index is 0.358. The summed E-state index contributed by atoms with van der Waals surface area (Å²) in [5.74, 6) is 1.56. The second-order valence-electron chi connectivity index (χ2n) is 6.52. The number of anilines is 2. The molecule has 0 atom stereocenters. The zero-order chi connectivity index (χ0) is 18.6. The molecule has 1 aliphatic rings. The monoisotopic (exact) mass is 364 g/mol. The SMILES string of the molecule is Cc1noc(C2CC2)c1NC(=O)Nc1ccnc(OCc2ccccc2)c1. The van der Waals surface area contributed by atoms with Crippen LogP contribution in [0.25, 0.3) is 0 Å². The Kier molecular flexibility index (Phi) is 4.74. The van der Waals surface area contributed by atoms with Gasteiger partial charge in [-0.25, -0.2) is 9.78 Å². The molecule has 2 N–H and O–H groups in total. The second kappa shape index (κ2) is 7.49. The van der Waals surface area contributed by atoms with Crippen LogP contribution in [0.5, 0.6) is 5.88 Å². The number of benzene rings is 1. The zero-order valence-corrected chi connectivity index (χ0v) is 14.9. The van der Waals surface area contributed by atoms with E-state index in [0.717, 1.165) is 24.2 Å². The molecular weight excluding hydrogens is 344 g/mol. The van der Waals surface area contributed by atoms with E-state index in [1.54, 1.807) is 18.3 Å². The minimum Gasteiger partial charge on any atom is -0.473 e. The summed E-state index contributed by atoms with van der Waals surface area (Å²) in [4.78, 5) is 16.5. The van der Waals surface area contributed by atoms with Gasteiger partial charge in [-0.05, 0) is 31.4 Å². The molecule has 27 heavy (non-hydrogen) atoms. The van der Waals surface area contributed by atoms with Gasteiger partial charge < -0.3 is 19.9 Å². The fraction of sp³-hybridized carbons (Fsp3) is 0.250. The Morgan fingerprint density at radius 2 is 2.04 bits per heavy atom. The van der Waals surface area contributed by atoms with Gasteiger partial charge >= 0.3 is 6.03 Å². The number of hydrogen-bond donors (Lipinski definition) is 2. The van der Waals surface area contributed by atoms with Gasteiger partial charge in [0.25, 0.3) is 0 Å². The van der Waals surface area contributed by atoms with Crippen LogP contribution in [0, 0.1) is 6.92 Å². The quantitative estimate of drug-likeness (QED) is 0.673. The van der Waals surface area contributed by atoms with Crippen molar-refractivity contribution in [2.75, 3.05) is 10.6 Å². The highest BCUT2D eigenvalue weighted by Crippen LogP contribution is 2.44. The molecule has 0 saturated heterocycles. The predicted molar refractivity (Wildman–Crippen MR) is 101 cm³/mol. The van der Waals surface area contributed by atoms with Crippen LogP contribution in [-0.2, 0) is 6.61 Å². The standard InChI is InChI=1S/C20H20N4O3/c1-13-18(19(27-24-13)15-7-8-15)23-20(25)22-16-9-10-21-17(11-16)26-12-14-5-3-2-4-6-14/h2-6,9-11,15H,7-8,12H2,1H3,(H2,21,22,23,25). The average Bonchev–Trinajstić information content (AvgIpc) is 3.46. The summed E-state index contributed by atoms with van der Waals surface area (Å²) in [6.45, 7) is 2.22. The van der Waals surface area contributed by atoms with Crippen LogP contribution < -0.4 is 15.4 Å². The molecule has 2 amide bonds. The van der Waals surface area contributed by atoms with Gasteiger partial charge in [0.15, 0.2) is 5.76 Å². The van der Waals surface area contributed by atoms with Crippen LogP contribution in [0.3, 0.4) is 0 Å². The van der Waals surface area contributed by atoms with E-state index >= 15 is 0 Å². The van der Waals surface area contributed by atoms with E-state index in [0.29, 0.717) is 35.5 Å². The molecule has 2 aromatic heterocycles. The minimum atomic E-state index is -0.358. The fourth-order valence-electron chi connectivity index (χ4n) is 2.74. The summed E-state index contributed by atoms with van der Waals surface area (Å²) in [6, 6.07) is 12.9. The molecule has 7 nitrogen and oxygen atoms in total. The Hall–Kier alpha value is -3.35. The van der Waals surface area contributed by atoms with Gasteiger partial charge in [-0.1, -0.05) is 35.5 Å². The van der Waals surface area contributed by atoms with Gasteiger partial charge in [0.1, 0.15) is 18.0 Å². The Balaban J connectivity index is 1.38. The van der Waals surface area contributed by atoms with Gasteiger partial charge in [-0.15, -0.1) is 0 Å². The highest BCUT2D eigenvalue weighted by molar-refractivity contribution is 6.00. The lowest BCUT2D eigenvalue weighted by atomic mass is 10.2. The lowest BCUT2D eigenvalue weighted by Gasteiger charge is -2.09. The number of aromatic nitrogens is 2. The number of carbonyl (C=O) groups excluding carboxylic acids is 1. The molecule has 1 aliphatic carbocycles. The normalized spacial score (nSPS) is 13.2. The first-order valence-corrected chi connectivity index (χ1v) is 8.86. The third kappa shape index (κ3) is 4.25. The molecule has 1 saturated carbocycles. The first-order valence-electron chi connectivity index (χ1n) is 8.86. The number of carbonyl (C=O) groups is 1. The highest BCUT2D eigenvalue weighted by atomic mass is 16.5. The number of aryl methyl sites for hydroxylation is 1. The summed E-state index contributed by atoms with van der Waals surface area (Å²) in [5.41, 5.74) is 2.97. The Morgan fingerprint density at radius 3 is 2.81 bits per heavy atom. The van der Waals surface area contributed by atoms with Crippen molar-refractivity contribution in [1.29, 1.82) is 0 Å². The maximum Gasteiger partial charge on any atom is 0.323 e. The van der Waals surface area contributed by atoms with Gasteiger partial charge in [0, 0.05) is 23.9 Å². The summed E-state index contributed by atoms with van der Waals surface area (Å²) >= 11 is 0. The maximum absolute atomic E-state index is 12.4. The van der Waals surface area contributed by atoms with Crippen LogP contribution in [0.1, 0.15) is 35.8 Å². The number of amides is 2. The molecule has 0 radical (unpaired) electrons. The van der Waals surface area contributed by atoms with Crippen molar-refractivity contribution in [3.05, 3.63) is 65.7 Å². The van der Waals surface area contributed by atoms with Crippen molar-refractivity contribution in [2.45, 2.75) is 32.3 Å². The lowest BCUT2D eigenvalue weighted by molar-refractivity contribution is 0.262. The number of pyridine rings is 1. The van der Waals surface area contributed by atoms with Crippen LogP contribution >= 0.6 is 0 Å². The second-order valence-corrected chi connectivity index (χ2v) is 6.52. The summed E-state index contributed by atoms with van der Waals surface area (Å²) in [5, 5.41) is 9.59. The van der Waals surface area contributed by atoms with E-state index in [1.165, 1.54) is 0 Å². The topological polar surface area (TPSA) is 89.3 Å². The third-order valence-electron chi connectivity index (χ3n) is 4.30. The average molecular weight is 364 g/mol. The molecule has 0 bridgehead atoms. The number of rotatable bonds is 6. The van der Waals surface area contributed by atoms with Gasteiger partial charge in [0.2, 0.25) is 5.88 Å². The number of hydrogen-bond acceptors (Lipinski definition) is 5. The predicted octanol–water partition coefficient (Wildman–Crippen LogP) is 4.48. The number of nitrogens with zero attached hydrogens (tertiary/aromatic N) is 2. The van der Waals surface area contributed by atoms with E-state index in [2.05, 4.69) is 20.8 Å². The van der Waals surface area contributed by atoms with Gasteiger partial charge in [0.05, 0.1) is 0 Å². The first-order chi connectivity index (χ1) is 13.2. The van der Waals surface area contributed by atoms with Crippen LogP contribution in [0.2, 0.25) is 0 Å². The molecule has 7 heteroatoms. The first kappa shape index (κ1) is 17.1. The van der Waals surface area contributed by atoms with E-state index in [1.807, 2.05) is 37.3 Å². The molecule has 4 rings (SSSR count). The molecule has 0 aliphatic heterocycles.